The fourth-order valence-corrected chi connectivity index (χ4v) is 4.20. The van der Waals surface area contributed by atoms with E-state index in [4.69, 9.17) is 0 Å². The lowest BCUT2D eigenvalue weighted by atomic mass is 10.1. The van der Waals surface area contributed by atoms with Crippen LogP contribution in [0.15, 0.2) is 20.0 Å². The van der Waals surface area contributed by atoms with Gasteiger partial charge in [0.1, 0.15) is 0 Å². The quantitative estimate of drug-likeness (QED) is 0.197. The molecule has 0 radical (unpaired) electrons. The number of carbonyl (C=O) groups is 4. The van der Waals surface area contributed by atoms with E-state index < -0.39 is 24.4 Å². The normalized spacial score (nSPS) is 16.5. The Balaban J connectivity index is 0.000000645. The van der Waals surface area contributed by atoms with Crippen molar-refractivity contribution in [2.75, 3.05) is 99.9 Å². The molecule has 3 aliphatic heterocycles. The molecule has 3 fully saturated rings. The molecule has 17 nitrogen and oxygen atoms in total. The third kappa shape index (κ3) is 27.6. The first-order chi connectivity index (χ1) is 24.0. The predicted octanol–water partition coefficient (Wildman–Crippen LogP) is 4.47. The van der Waals surface area contributed by atoms with Crippen molar-refractivity contribution in [1.82, 2.24) is 24.5 Å². The van der Waals surface area contributed by atoms with Gasteiger partial charge in [-0.2, -0.15) is 20.0 Å². The zero-order valence-corrected chi connectivity index (χ0v) is 31.3. The first kappa shape index (κ1) is 45.7. The molecule has 0 unspecified atom stereocenters. The molecule has 3 aliphatic rings. The van der Waals surface area contributed by atoms with Gasteiger partial charge >= 0.3 is 24.4 Å². The SMILES string of the molecule is CCOC(=O)N=CN(C)C.CCOC(=O)N=CN1CCCCC1.CCOC(=O)N=CN1CCCCC1.CCOC(=O)N=CN1CCN(C)CC1. The molecule has 3 saturated heterocycles. The van der Waals surface area contributed by atoms with Crippen molar-refractivity contribution in [3.8, 4) is 0 Å². The van der Waals surface area contributed by atoms with Crippen LogP contribution in [0.1, 0.15) is 66.2 Å². The lowest BCUT2D eigenvalue weighted by Crippen LogP contribution is -2.43. The second-order valence-corrected chi connectivity index (χ2v) is 11.3. The van der Waals surface area contributed by atoms with E-state index in [9.17, 15) is 19.2 Å². The molecule has 0 aromatic heterocycles. The maximum Gasteiger partial charge on any atom is 0.434 e. The van der Waals surface area contributed by atoms with Gasteiger partial charge in [0.25, 0.3) is 0 Å². The van der Waals surface area contributed by atoms with E-state index >= 15 is 0 Å². The summed E-state index contributed by atoms with van der Waals surface area (Å²) in [5.74, 6) is 0. The number of carbonyl (C=O) groups excluding carboxylic acids is 4. The highest BCUT2D eigenvalue weighted by molar-refractivity contribution is 5.79. The highest BCUT2D eigenvalue weighted by Crippen LogP contribution is 2.07. The van der Waals surface area contributed by atoms with Crippen LogP contribution in [-0.2, 0) is 18.9 Å². The van der Waals surface area contributed by atoms with Crippen molar-refractivity contribution in [3.05, 3.63) is 0 Å². The Hall–Kier alpha value is -4.28. The summed E-state index contributed by atoms with van der Waals surface area (Å²) >= 11 is 0. The fourth-order valence-electron chi connectivity index (χ4n) is 4.20. The molecule has 0 aliphatic carbocycles. The van der Waals surface area contributed by atoms with Gasteiger partial charge in [-0.15, -0.1) is 0 Å². The van der Waals surface area contributed by atoms with Gasteiger partial charge in [-0.3, -0.25) is 0 Å². The molecule has 0 bridgehead atoms. The van der Waals surface area contributed by atoms with Crippen LogP contribution in [0.3, 0.4) is 0 Å². The fraction of sp³-hybridized carbons (Fsp3) is 0.758. The Morgan fingerprint density at radius 2 is 0.800 bits per heavy atom. The number of likely N-dealkylation sites (tertiary alicyclic amines) is 2. The van der Waals surface area contributed by atoms with Crippen LogP contribution in [-0.4, -0.2) is 174 Å². The zero-order chi connectivity index (χ0) is 37.4. The van der Waals surface area contributed by atoms with Gasteiger partial charge in [0, 0.05) is 66.5 Å². The van der Waals surface area contributed by atoms with Crippen LogP contribution >= 0.6 is 0 Å². The van der Waals surface area contributed by atoms with Crippen LogP contribution in [0, 0.1) is 0 Å². The number of piperazine rings is 1. The van der Waals surface area contributed by atoms with Crippen LogP contribution in [0.4, 0.5) is 19.2 Å². The van der Waals surface area contributed by atoms with Crippen molar-refractivity contribution in [2.45, 2.75) is 66.2 Å². The summed E-state index contributed by atoms with van der Waals surface area (Å²) in [5, 5.41) is 0. The van der Waals surface area contributed by atoms with Crippen LogP contribution < -0.4 is 0 Å². The van der Waals surface area contributed by atoms with E-state index in [2.05, 4.69) is 60.7 Å². The summed E-state index contributed by atoms with van der Waals surface area (Å²) in [7, 11) is 5.64. The molecule has 0 spiro atoms. The first-order valence-electron chi connectivity index (χ1n) is 17.4. The third-order valence-electron chi connectivity index (χ3n) is 6.76. The maximum atomic E-state index is 10.9. The monoisotopic (exact) mass is 711 g/mol. The van der Waals surface area contributed by atoms with Gasteiger partial charge in [-0.25, -0.2) is 19.2 Å². The molecule has 0 saturated carbocycles. The van der Waals surface area contributed by atoms with E-state index in [0.717, 1.165) is 52.4 Å². The molecule has 3 rings (SSSR count). The summed E-state index contributed by atoms with van der Waals surface area (Å²) in [5.41, 5.74) is 0. The molecule has 286 valence electrons. The largest absolute Gasteiger partial charge is 0.448 e. The molecule has 0 atom stereocenters. The van der Waals surface area contributed by atoms with Gasteiger partial charge in [0.05, 0.1) is 51.8 Å². The average molecular weight is 712 g/mol. The molecule has 17 heteroatoms. The van der Waals surface area contributed by atoms with Gasteiger partial charge in [0.2, 0.25) is 0 Å². The number of amides is 4. The number of piperidine rings is 2. The number of rotatable bonds is 8. The van der Waals surface area contributed by atoms with Crippen molar-refractivity contribution in [2.24, 2.45) is 20.0 Å². The standard InChI is InChI=1S/C9H17N3O2.2C9H16N2O2.C6H12N2O2/c1-3-14-9(13)10-8-12-6-4-11(2)5-7-12;2*1-2-13-9(12)10-8-11-6-4-3-5-7-11;1-4-10-6(9)7-5-8(2)3/h8H,3-7H2,1-2H3;2*8H,2-7H2,1H3;5H,4H2,1-3H3. The summed E-state index contributed by atoms with van der Waals surface area (Å²) in [6, 6.07) is 0. The Bertz CT molecular complexity index is 994. The zero-order valence-electron chi connectivity index (χ0n) is 31.3. The summed E-state index contributed by atoms with van der Waals surface area (Å²) in [6.45, 7) is 16.4. The van der Waals surface area contributed by atoms with Gasteiger partial charge in [-0.05, 0) is 73.3 Å². The van der Waals surface area contributed by atoms with Crippen molar-refractivity contribution in [1.29, 1.82) is 0 Å². The van der Waals surface area contributed by atoms with Crippen LogP contribution in [0.5, 0.6) is 0 Å². The molecule has 0 N–H and O–H groups in total. The lowest BCUT2D eigenvalue weighted by Gasteiger charge is -2.30. The number of likely N-dealkylation sites (N-methyl/N-ethyl adjacent to an activating group) is 1. The van der Waals surface area contributed by atoms with E-state index in [1.165, 1.54) is 44.9 Å². The summed E-state index contributed by atoms with van der Waals surface area (Å²) < 4.78 is 18.5. The molecular formula is C33H61N9O8. The van der Waals surface area contributed by atoms with Gasteiger partial charge < -0.3 is 43.4 Å². The molecule has 0 aromatic rings. The second kappa shape index (κ2) is 30.8. The topological polar surface area (TPSA) is 171 Å². The molecule has 3 heterocycles. The summed E-state index contributed by atoms with van der Waals surface area (Å²) in [6.07, 6.45) is 11.4. The predicted molar refractivity (Wildman–Crippen MR) is 196 cm³/mol. The van der Waals surface area contributed by atoms with E-state index in [1.54, 1.807) is 65.7 Å². The number of ether oxygens (including phenoxy) is 4. The summed E-state index contributed by atoms with van der Waals surface area (Å²) in [4.78, 5) is 67.6. The highest BCUT2D eigenvalue weighted by Gasteiger charge is 2.11. The average Bonchev–Trinajstić information content (AvgIpc) is 3.11. The van der Waals surface area contributed by atoms with Crippen molar-refractivity contribution in [3.63, 3.8) is 0 Å². The number of nitrogens with zero attached hydrogens (tertiary/aromatic N) is 9. The van der Waals surface area contributed by atoms with Crippen molar-refractivity contribution >= 4 is 49.7 Å². The van der Waals surface area contributed by atoms with Gasteiger partial charge in [0.15, 0.2) is 0 Å². The van der Waals surface area contributed by atoms with E-state index in [1.807, 2.05) is 4.90 Å². The molecule has 0 aromatic carbocycles. The minimum Gasteiger partial charge on any atom is -0.448 e. The number of aliphatic imine (C=N–C) groups is 4. The van der Waals surface area contributed by atoms with Crippen molar-refractivity contribution < 1.29 is 38.1 Å². The smallest absolute Gasteiger partial charge is 0.434 e. The number of hydrogen-bond donors (Lipinski definition) is 0. The maximum absolute atomic E-state index is 10.9. The molecule has 4 amide bonds. The Morgan fingerprint density at radius 3 is 1.10 bits per heavy atom. The minimum absolute atomic E-state index is 0.365. The highest BCUT2D eigenvalue weighted by atomic mass is 16.6. The third-order valence-corrected chi connectivity index (χ3v) is 6.76. The number of hydrogen-bond acceptors (Lipinski definition) is 9. The second-order valence-electron chi connectivity index (χ2n) is 11.3. The minimum atomic E-state index is -0.545. The Morgan fingerprint density at radius 1 is 0.500 bits per heavy atom. The van der Waals surface area contributed by atoms with Gasteiger partial charge in [-0.1, -0.05) is 0 Å². The van der Waals surface area contributed by atoms with E-state index in [-0.39, 0.29) is 0 Å². The Kier molecular flexibility index (Phi) is 28.1. The molecular weight excluding hydrogens is 650 g/mol. The van der Waals surface area contributed by atoms with E-state index in [0.29, 0.717) is 26.4 Å². The lowest BCUT2D eigenvalue weighted by molar-refractivity contribution is 0.162. The first-order valence-corrected chi connectivity index (χ1v) is 17.4. The van der Waals surface area contributed by atoms with Crippen LogP contribution in [0.2, 0.25) is 0 Å². The Labute approximate surface area is 298 Å². The van der Waals surface area contributed by atoms with Crippen LogP contribution in [0.25, 0.3) is 0 Å². The molecule has 50 heavy (non-hydrogen) atoms.